The van der Waals surface area contributed by atoms with E-state index in [9.17, 15) is 9.59 Å². The number of hydrogen-bond acceptors (Lipinski definition) is 4. The SMILES string of the molecule is CC(=O)N1CCC(c2ncc3c(n2)CCN(C(=O)Cc2ccc(C)cc2)C3)CC1. The Bertz CT molecular complexity index is 902. The Kier molecular flexibility index (Phi) is 5.60. The van der Waals surface area contributed by atoms with Crippen molar-refractivity contribution in [1.29, 1.82) is 0 Å². The molecule has 1 saturated heterocycles. The Balaban J connectivity index is 1.38. The first-order chi connectivity index (χ1) is 14.0. The number of rotatable bonds is 3. The van der Waals surface area contributed by atoms with Gasteiger partial charge in [-0.1, -0.05) is 29.8 Å². The van der Waals surface area contributed by atoms with Crippen molar-refractivity contribution in [2.24, 2.45) is 0 Å². The molecule has 2 amide bonds. The molecule has 0 radical (unpaired) electrons. The molecule has 6 nitrogen and oxygen atoms in total. The Morgan fingerprint density at radius 1 is 1.07 bits per heavy atom. The van der Waals surface area contributed by atoms with Crippen LogP contribution in [0.25, 0.3) is 0 Å². The van der Waals surface area contributed by atoms with E-state index in [-0.39, 0.29) is 11.8 Å². The molecule has 0 N–H and O–H groups in total. The number of benzene rings is 1. The summed E-state index contributed by atoms with van der Waals surface area (Å²) in [5.41, 5.74) is 4.38. The largest absolute Gasteiger partial charge is 0.343 e. The van der Waals surface area contributed by atoms with Crippen LogP contribution < -0.4 is 0 Å². The van der Waals surface area contributed by atoms with E-state index in [0.717, 1.165) is 55.0 Å². The van der Waals surface area contributed by atoms with Gasteiger partial charge in [0.2, 0.25) is 11.8 Å². The van der Waals surface area contributed by atoms with E-state index in [4.69, 9.17) is 4.98 Å². The van der Waals surface area contributed by atoms with Gasteiger partial charge in [-0.2, -0.15) is 0 Å². The fraction of sp³-hybridized carbons (Fsp3) is 0.478. The minimum Gasteiger partial charge on any atom is -0.343 e. The molecule has 0 bridgehead atoms. The van der Waals surface area contributed by atoms with Gasteiger partial charge in [0, 0.05) is 57.2 Å². The van der Waals surface area contributed by atoms with Gasteiger partial charge in [0.05, 0.1) is 12.1 Å². The van der Waals surface area contributed by atoms with Gasteiger partial charge in [-0.3, -0.25) is 9.59 Å². The summed E-state index contributed by atoms with van der Waals surface area (Å²) in [5.74, 6) is 1.51. The average molecular weight is 393 g/mol. The molecule has 1 aromatic heterocycles. The van der Waals surface area contributed by atoms with E-state index in [1.807, 2.05) is 47.2 Å². The predicted molar refractivity (Wildman–Crippen MR) is 110 cm³/mol. The fourth-order valence-corrected chi connectivity index (χ4v) is 4.19. The second kappa shape index (κ2) is 8.31. The van der Waals surface area contributed by atoms with Crippen LogP contribution in [0, 0.1) is 6.92 Å². The molecule has 6 heteroatoms. The maximum Gasteiger partial charge on any atom is 0.227 e. The highest BCUT2D eigenvalue weighted by Crippen LogP contribution is 2.27. The molecule has 0 atom stereocenters. The summed E-state index contributed by atoms with van der Waals surface area (Å²) >= 11 is 0. The van der Waals surface area contributed by atoms with Crippen LogP contribution in [-0.4, -0.2) is 51.2 Å². The fourth-order valence-electron chi connectivity index (χ4n) is 4.19. The Hall–Kier alpha value is -2.76. The number of fused-ring (bicyclic) bond motifs is 1. The average Bonchev–Trinajstić information content (AvgIpc) is 2.74. The molecule has 152 valence electrons. The van der Waals surface area contributed by atoms with Gasteiger partial charge >= 0.3 is 0 Å². The van der Waals surface area contributed by atoms with Crippen LogP contribution in [-0.2, 0) is 29.0 Å². The van der Waals surface area contributed by atoms with Gasteiger partial charge in [-0.15, -0.1) is 0 Å². The highest BCUT2D eigenvalue weighted by Gasteiger charge is 2.27. The molecule has 0 saturated carbocycles. The van der Waals surface area contributed by atoms with Crippen LogP contribution in [0.15, 0.2) is 30.5 Å². The summed E-state index contributed by atoms with van der Waals surface area (Å²) < 4.78 is 0. The van der Waals surface area contributed by atoms with Gasteiger partial charge in [-0.25, -0.2) is 9.97 Å². The van der Waals surface area contributed by atoms with Gasteiger partial charge in [0.25, 0.3) is 0 Å². The van der Waals surface area contributed by atoms with E-state index in [1.165, 1.54) is 5.56 Å². The summed E-state index contributed by atoms with van der Waals surface area (Å²) in [6.07, 6.45) is 4.94. The number of carbonyl (C=O) groups is 2. The number of aryl methyl sites for hydroxylation is 1. The Morgan fingerprint density at radius 2 is 1.79 bits per heavy atom. The third-order valence-corrected chi connectivity index (χ3v) is 6.09. The highest BCUT2D eigenvalue weighted by molar-refractivity contribution is 5.79. The van der Waals surface area contributed by atoms with E-state index < -0.39 is 0 Å². The van der Waals surface area contributed by atoms with Crippen molar-refractivity contribution < 1.29 is 9.59 Å². The molecule has 0 unspecified atom stereocenters. The van der Waals surface area contributed by atoms with Gasteiger partial charge < -0.3 is 9.80 Å². The van der Waals surface area contributed by atoms with Crippen LogP contribution in [0.5, 0.6) is 0 Å². The van der Waals surface area contributed by atoms with Crippen molar-refractivity contribution in [2.45, 2.75) is 52.0 Å². The van der Waals surface area contributed by atoms with Crippen molar-refractivity contribution in [1.82, 2.24) is 19.8 Å². The molecule has 2 aliphatic rings. The molecule has 0 spiro atoms. The first-order valence-electron chi connectivity index (χ1n) is 10.4. The smallest absolute Gasteiger partial charge is 0.227 e. The molecule has 1 fully saturated rings. The molecular formula is C23H28N4O2. The zero-order valence-electron chi connectivity index (χ0n) is 17.2. The van der Waals surface area contributed by atoms with E-state index in [2.05, 4.69) is 4.98 Å². The summed E-state index contributed by atoms with van der Waals surface area (Å²) in [6.45, 7) is 6.53. The number of amides is 2. The molecule has 29 heavy (non-hydrogen) atoms. The van der Waals surface area contributed by atoms with Crippen LogP contribution in [0.4, 0.5) is 0 Å². The third kappa shape index (κ3) is 4.47. The van der Waals surface area contributed by atoms with Gasteiger partial charge in [0.15, 0.2) is 0 Å². The number of aromatic nitrogens is 2. The lowest BCUT2D eigenvalue weighted by atomic mass is 9.95. The standard InChI is InChI=1S/C23H28N4O2/c1-16-3-5-18(6-4-16)13-22(29)27-12-9-21-20(15-27)14-24-23(25-21)19-7-10-26(11-8-19)17(2)28/h3-6,14,19H,7-13,15H2,1-2H3. The van der Waals surface area contributed by atoms with Crippen molar-refractivity contribution >= 4 is 11.8 Å². The lowest BCUT2D eigenvalue weighted by Gasteiger charge is -2.32. The van der Waals surface area contributed by atoms with Crippen LogP contribution in [0.2, 0.25) is 0 Å². The van der Waals surface area contributed by atoms with Crippen LogP contribution >= 0.6 is 0 Å². The second-order valence-corrected chi connectivity index (χ2v) is 8.21. The number of carbonyl (C=O) groups excluding carboxylic acids is 2. The normalized spacial score (nSPS) is 17.2. The minimum atomic E-state index is 0.144. The molecular weight excluding hydrogens is 364 g/mol. The minimum absolute atomic E-state index is 0.144. The summed E-state index contributed by atoms with van der Waals surface area (Å²) in [4.78, 5) is 37.5. The number of likely N-dealkylation sites (tertiary alicyclic amines) is 1. The summed E-state index contributed by atoms with van der Waals surface area (Å²) in [6, 6.07) is 8.14. The van der Waals surface area contributed by atoms with Crippen molar-refractivity contribution in [2.75, 3.05) is 19.6 Å². The first kappa shape index (κ1) is 19.6. The number of piperidine rings is 1. The number of hydrogen-bond donors (Lipinski definition) is 0. The molecule has 3 heterocycles. The molecule has 2 aliphatic heterocycles. The van der Waals surface area contributed by atoms with Gasteiger partial charge in [0.1, 0.15) is 5.82 Å². The van der Waals surface area contributed by atoms with E-state index >= 15 is 0 Å². The maximum absolute atomic E-state index is 12.7. The van der Waals surface area contributed by atoms with Crippen molar-refractivity contribution in [3.63, 3.8) is 0 Å². The maximum atomic E-state index is 12.7. The third-order valence-electron chi connectivity index (χ3n) is 6.09. The Morgan fingerprint density at radius 3 is 2.48 bits per heavy atom. The van der Waals surface area contributed by atoms with Crippen molar-refractivity contribution in [3.8, 4) is 0 Å². The van der Waals surface area contributed by atoms with E-state index in [1.54, 1.807) is 6.92 Å². The van der Waals surface area contributed by atoms with Crippen LogP contribution in [0.1, 0.15) is 53.9 Å². The summed E-state index contributed by atoms with van der Waals surface area (Å²) in [7, 11) is 0. The monoisotopic (exact) mass is 392 g/mol. The zero-order chi connectivity index (χ0) is 20.4. The topological polar surface area (TPSA) is 66.4 Å². The lowest BCUT2D eigenvalue weighted by molar-refractivity contribution is -0.131. The quantitative estimate of drug-likeness (QED) is 0.805. The molecule has 0 aliphatic carbocycles. The second-order valence-electron chi connectivity index (χ2n) is 8.21. The molecule has 1 aromatic carbocycles. The highest BCUT2D eigenvalue weighted by atomic mass is 16.2. The zero-order valence-corrected chi connectivity index (χ0v) is 17.2. The first-order valence-corrected chi connectivity index (χ1v) is 10.4. The lowest BCUT2D eigenvalue weighted by Crippen LogP contribution is -2.38. The molecule has 2 aromatic rings. The summed E-state index contributed by atoms with van der Waals surface area (Å²) in [5, 5.41) is 0. The van der Waals surface area contributed by atoms with E-state index in [0.29, 0.717) is 25.4 Å². The Labute approximate surface area is 172 Å². The van der Waals surface area contributed by atoms with Crippen molar-refractivity contribution in [3.05, 3.63) is 58.7 Å². The number of nitrogens with zero attached hydrogens (tertiary/aromatic N) is 4. The molecule has 4 rings (SSSR count). The van der Waals surface area contributed by atoms with Gasteiger partial charge in [-0.05, 0) is 25.3 Å². The van der Waals surface area contributed by atoms with Crippen LogP contribution in [0.3, 0.4) is 0 Å². The predicted octanol–water partition coefficient (Wildman–Crippen LogP) is 2.64.